The van der Waals surface area contributed by atoms with Crippen LogP contribution in [0, 0.1) is 11.3 Å². The minimum Gasteiger partial charge on any atom is -0.440 e. The van der Waals surface area contributed by atoms with Crippen LogP contribution in [0.15, 0.2) is 33.7 Å². The van der Waals surface area contributed by atoms with Crippen molar-refractivity contribution in [1.29, 1.82) is 5.26 Å². The summed E-state index contributed by atoms with van der Waals surface area (Å²) < 4.78 is 5.81. The van der Waals surface area contributed by atoms with Crippen LogP contribution in [-0.4, -0.2) is 22.1 Å². The first-order valence-electron chi connectivity index (χ1n) is 9.51. The van der Waals surface area contributed by atoms with Crippen LogP contribution in [0.1, 0.15) is 67.0 Å². The number of pyridine rings is 1. The fourth-order valence-electron chi connectivity index (χ4n) is 3.09. The summed E-state index contributed by atoms with van der Waals surface area (Å²) in [5.74, 6) is 0.720. The van der Waals surface area contributed by atoms with Gasteiger partial charge in [-0.3, -0.25) is 4.79 Å². The Bertz CT molecular complexity index is 1150. The highest BCUT2D eigenvalue weighted by Crippen LogP contribution is 2.40. The van der Waals surface area contributed by atoms with Gasteiger partial charge in [-0.2, -0.15) is 5.26 Å². The van der Waals surface area contributed by atoms with Gasteiger partial charge in [0.25, 0.3) is 5.91 Å². The molecule has 0 unspecified atom stereocenters. The number of oxazole rings is 1. The molecular weight excluding hydrogens is 384 g/mol. The van der Waals surface area contributed by atoms with E-state index < -0.39 is 0 Å². The number of anilines is 1. The number of nitrogens with one attached hydrogen (secondary N) is 1. The molecule has 0 atom stereocenters. The second kappa shape index (κ2) is 7.20. The lowest BCUT2D eigenvalue weighted by Crippen LogP contribution is -2.15. The molecule has 0 aliphatic heterocycles. The number of nitriles is 1. The molecule has 0 bridgehead atoms. The second-order valence-electron chi connectivity index (χ2n) is 8.27. The molecule has 4 rings (SSSR count). The maximum Gasteiger partial charge on any atom is 0.257 e. The van der Waals surface area contributed by atoms with E-state index in [0.717, 1.165) is 18.5 Å². The van der Waals surface area contributed by atoms with E-state index in [4.69, 9.17) is 4.42 Å². The molecule has 1 aliphatic rings. The lowest BCUT2D eigenvalue weighted by Gasteiger charge is -2.11. The molecular formula is C22H22N4O2S. The van der Waals surface area contributed by atoms with Crippen LogP contribution >= 0.6 is 11.8 Å². The van der Waals surface area contributed by atoms with Crippen molar-refractivity contribution in [2.75, 3.05) is 11.6 Å². The van der Waals surface area contributed by atoms with E-state index in [2.05, 4.69) is 21.4 Å². The zero-order chi connectivity index (χ0) is 20.8. The number of fused-ring (bicyclic) bond motifs is 1. The summed E-state index contributed by atoms with van der Waals surface area (Å²) in [6.07, 6.45) is 4.02. The third-order valence-electron chi connectivity index (χ3n) is 4.84. The number of rotatable bonds is 4. The van der Waals surface area contributed by atoms with Crippen molar-refractivity contribution >= 4 is 34.5 Å². The van der Waals surface area contributed by atoms with Gasteiger partial charge in [0, 0.05) is 22.7 Å². The van der Waals surface area contributed by atoms with Gasteiger partial charge >= 0.3 is 0 Å². The minimum absolute atomic E-state index is 0.200. The van der Waals surface area contributed by atoms with Crippen molar-refractivity contribution in [2.24, 2.45) is 0 Å². The Morgan fingerprint density at radius 3 is 2.66 bits per heavy atom. The molecule has 2 heterocycles. The predicted octanol–water partition coefficient (Wildman–Crippen LogP) is 5.24. The fourth-order valence-corrected chi connectivity index (χ4v) is 3.64. The van der Waals surface area contributed by atoms with Crippen molar-refractivity contribution in [2.45, 2.75) is 50.0 Å². The van der Waals surface area contributed by atoms with E-state index in [9.17, 15) is 10.1 Å². The van der Waals surface area contributed by atoms with Gasteiger partial charge in [0.1, 0.15) is 16.6 Å². The third kappa shape index (κ3) is 3.85. The number of carbonyl (C=O) groups excluding carboxylic acids is 1. The molecule has 148 valence electrons. The highest BCUT2D eigenvalue weighted by Gasteiger charge is 2.28. The van der Waals surface area contributed by atoms with Crippen molar-refractivity contribution < 1.29 is 9.21 Å². The molecule has 3 aromatic rings. The van der Waals surface area contributed by atoms with Gasteiger partial charge in [-0.05, 0) is 43.4 Å². The number of nitrogens with zero attached hydrogens (tertiary/aromatic N) is 3. The Kier molecular flexibility index (Phi) is 4.83. The molecule has 0 spiro atoms. The summed E-state index contributed by atoms with van der Waals surface area (Å²) in [5, 5.41) is 13.1. The Balaban J connectivity index is 1.67. The van der Waals surface area contributed by atoms with Gasteiger partial charge in [-0.25, -0.2) is 9.97 Å². The van der Waals surface area contributed by atoms with Crippen molar-refractivity contribution in [3.63, 3.8) is 0 Å². The maximum absolute atomic E-state index is 13.0. The van der Waals surface area contributed by atoms with Crippen LogP contribution < -0.4 is 5.32 Å². The standard InChI is InChI=1S/C22H22N4O2S/c1-22(2,3)21-26-17-9-13(7-8-18(17)28-21)24-19(27)14-10-16(12-5-6-12)25-20(29-4)15(14)11-23/h7-10,12H,5-6H2,1-4H3,(H,24,27). The van der Waals surface area contributed by atoms with Gasteiger partial charge < -0.3 is 9.73 Å². The fraction of sp³-hybridized carbons (Fsp3) is 0.364. The molecule has 6 nitrogen and oxygen atoms in total. The normalized spacial score (nSPS) is 14.0. The number of carbonyl (C=O) groups is 1. The number of amides is 1. The number of benzene rings is 1. The Morgan fingerprint density at radius 1 is 1.28 bits per heavy atom. The van der Waals surface area contributed by atoms with E-state index in [1.165, 1.54) is 11.8 Å². The van der Waals surface area contributed by atoms with Crippen LogP contribution in [0.25, 0.3) is 11.1 Å². The highest BCUT2D eigenvalue weighted by atomic mass is 32.2. The first kappa shape index (κ1) is 19.5. The van der Waals surface area contributed by atoms with E-state index >= 15 is 0 Å². The molecule has 1 aliphatic carbocycles. The SMILES string of the molecule is CSc1nc(C2CC2)cc(C(=O)Nc2ccc3oc(C(C)(C)C)nc3c2)c1C#N. The average molecular weight is 407 g/mol. The molecule has 29 heavy (non-hydrogen) atoms. The molecule has 0 saturated heterocycles. The van der Waals surface area contributed by atoms with Crippen molar-refractivity contribution in [3.05, 3.63) is 47.0 Å². The smallest absolute Gasteiger partial charge is 0.257 e. The molecule has 1 amide bonds. The third-order valence-corrected chi connectivity index (χ3v) is 5.52. The zero-order valence-electron chi connectivity index (χ0n) is 16.9. The predicted molar refractivity (Wildman–Crippen MR) is 113 cm³/mol. The van der Waals surface area contributed by atoms with E-state index in [1.54, 1.807) is 24.3 Å². The minimum atomic E-state index is -0.319. The quantitative estimate of drug-likeness (QED) is 0.596. The van der Waals surface area contributed by atoms with E-state index in [-0.39, 0.29) is 11.3 Å². The Labute approximate surface area is 173 Å². The molecule has 1 saturated carbocycles. The number of hydrogen-bond donors (Lipinski definition) is 1. The summed E-state index contributed by atoms with van der Waals surface area (Å²) in [4.78, 5) is 22.1. The van der Waals surface area contributed by atoms with E-state index in [1.807, 2.05) is 27.0 Å². The van der Waals surface area contributed by atoms with Gasteiger partial charge in [0.05, 0.1) is 11.1 Å². The van der Waals surface area contributed by atoms with E-state index in [0.29, 0.717) is 44.7 Å². The summed E-state index contributed by atoms with van der Waals surface area (Å²) in [6, 6.07) is 9.28. The summed E-state index contributed by atoms with van der Waals surface area (Å²) in [5.41, 5.74) is 3.34. The Hall–Kier alpha value is -2.85. The topological polar surface area (TPSA) is 91.8 Å². The summed E-state index contributed by atoms with van der Waals surface area (Å²) >= 11 is 1.39. The molecule has 2 aromatic heterocycles. The van der Waals surface area contributed by atoms with Crippen LogP contribution in [0.2, 0.25) is 0 Å². The van der Waals surface area contributed by atoms with Gasteiger partial charge in [-0.1, -0.05) is 20.8 Å². The maximum atomic E-state index is 13.0. The Morgan fingerprint density at radius 2 is 2.03 bits per heavy atom. The van der Waals surface area contributed by atoms with Crippen LogP contribution in [0.4, 0.5) is 5.69 Å². The monoisotopic (exact) mass is 406 g/mol. The number of thioether (sulfide) groups is 1. The van der Waals surface area contributed by atoms with Gasteiger partial charge in [0.2, 0.25) is 5.89 Å². The molecule has 1 fully saturated rings. The molecule has 1 aromatic carbocycles. The highest BCUT2D eigenvalue weighted by molar-refractivity contribution is 7.98. The average Bonchev–Trinajstić information content (AvgIpc) is 3.44. The number of aromatic nitrogens is 2. The van der Waals surface area contributed by atoms with Gasteiger partial charge in [-0.15, -0.1) is 11.8 Å². The van der Waals surface area contributed by atoms with Crippen LogP contribution in [0.3, 0.4) is 0 Å². The first-order valence-corrected chi connectivity index (χ1v) is 10.7. The van der Waals surface area contributed by atoms with Crippen LogP contribution in [0.5, 0.6) is 0 Å². The largest absolute Gasteiger partial charge is 0.440 e. The lowest BCUT2D eigenvalue weighted by molar-refractivity contribution is 0.102. The van der Waals surface area contributed by atoms with Crippen molar-refractivity contribution in [3.8, 4) is 6.07 Å². The summed E-state index contributed by atoms with van der Waals surface area (Å²) in [7, 11) is 0. The molecule has 1 N–H and O–H groups in total. The second-order valence-corrected chi connectivity index (χ2v) is 9.07. The molecule has 0 radical (unpaired) electrons. The lowest BCUT2D eigenvalue weighted by atomic mass is 9.97. The molecule has 7 heteroatoms. The van der Waals surface area contributed by atoms with Crippen molar-refractivity contribution in [1.82, 2.24) is 9.97 Å². The van der Waals surface area contributed by atoms with Gasteiger partial charge in [0.15, 0.2) is 5.58 Å². The first-order chi connectivity index (χ1) is 13.8. The summed E-state index contributed by atoms with van der Waals surface area (Å²) in [6.45, 7) is 6.11. The van der Waals surface area contributed by atoms with Crippen LogP contribution in [-0.2, 0) is 5.41 Å². The zero-order valence-corrected chi connectivity index (χ0v) is 17.7. The number of hydrogen-bond acceptors (Lipinski definition) is 6.